The Bertz CT molecular complexity index is 1100. The maximum atomic E-state index is 13.1. The van der Waals surface area contributed by atoms with Gasteiger partial charge in [-0.25, -0.2) is 13.4 Å². The Morgan fingerprint density at radius 1 is 1.00 bits per heavy atom. The standard InChI is InChI=1S/C23H30N4O2S/c1-3-27-22-13-12-20(30(28,29)26-14-8-5-9-15-26)16-21(22)24-23(27)18-25(2)17-19-10-6-4-7-11-19/h4,6-7,10-13,16H,3,5,8-9,14-15,17-18H2,1-2H3. The number of nitrogens with zero attached hydrogens (tertiary/aromatic N) is 4. The molecule has 0 N–H and O–H groups in total. The van der Waals surface area contributed by atoms with Crippen LogP contribution in [0.15, 0.2) is 53.4 Å². The first-order valence-corrected chi connectivity index (χ1v) is 12.1. The van der Waals surface area contributed by atoms with Crippen LogP contribution in [-0.2, 0) is 29.7 Å². The Hall–Kier alpha value is -2.22. The fraction of sp³-hybridized carbons (Fsp3) is 0.435. The number of fused-ring (bicyclic) bond motifs is 1. The van der Waals surface area contributed by atoms with Gasteiger partial charge in [0.1, 0.15) is 5.82 Å². The molecule has 3 aromatic rings. The van der Waals surface area contributed by atoms with Crippen molar-refractivity contribution < 1.29 is 8.42 Å². The molecule has 1 aliphatic heterocycles. The molecular formula is C23H30N4O2S. The highest BCUT2D eigenvalue weighted by Crippen LogP contribution is 2.25. The van der Waals surface area contributed by atoms with Crippen LogP contribution < -0.4 is 0 Å². The van der Waals surface area contributed by atoms with Crippen LogP contribution in [-0.4, -0.2) is 47.3 Å². The lowest BCUT2D eigenvalue weighted by molar-refractivity contribution is 0.306. The van der Waals surface area contributed by atoms with Crippen molar-refractivity contribution in [3.05, 3.63) is 59.9 Å². The number of aromatic nitrogens is 2. The van der Waals surface area contributed by atoms with Crippen LogP contribution in [0.25, 0.3) is 11.0 Å². The summed E-state index contributed by atoms with van der Waals surface area (Å²) < 4.78 is 29.9. The smallest absolute Gasteiger partial charge is 0.243 e. The minimum Gasteiger partial charge on any atom is -0.327 e. The lowest BCUT2D eigenvalue weighted by Crippen LogP contribution is -2.35. The first-order valence-electron chi connectivity index (χ1n) is 10.7. The number of aryl methyl sites for hydroxylation is 1. The molecule has 0 unspecified atom stereocenters. The molecule has 1 aromatic heterocycles. The van der Waals surface area contributed by atoms with Gasteiger partial charge in [0.25, 0.3) is 0 Å². The minimum absolute atomic E-state index is 0.349. The Kier molecular flexibility index (Phi) is 6.22. The van der Waals surface area contributed by atoms with E-state index in [2.05, 4.69) is 47.7 Å². The SMILES string of the molecule is CCn1c(CN(C)Cc2ccccc2)nc2cc(S(=O)(=O)N3CCCCC3)ccc21. The fourth-order valence-corrected chi connectivity index (χ4v) is 5.78. The number of hydrogen-bond donors (Lipinski definition) is 0. The maximum absolute atomic E-state index is 13.1. The van der Waals surface area contributed by atoms with Crippen LogP contribution >= 0.6 is 0 Å². The van der Waals surface area contributed by atoms with Crippen molar-refractivity contribution >= 4 is 21.1 Å². The summed E-state index contributed by atoms with van der Waals surface area (Å²) in [5.41, 5.74) is 2.99. The first-order chi connectivity index (χ1) is 14.5. The molecule has 0 spiro atoms. The molecule has 0 atom stereocenters. The van der Waals surface area contributed by atoms with Crippen molar-refractivity contribution in [3.63, 3.8) is 0 Å². The lowest BCUT2D eigenvalue weighted by atomic mass is 10.2. The molecule has 1 fully saturated rings. The van der Waals surface area contributed by atoms with Crippen molar-refractivity contribution in [1.82, 2.24) is 18.8 Å². The van der Waals surface area contributed by atoms with E-state index in [0.29, 0.717) is 24.5 Å². The van der Waals surface area contributed by atoms with Crippen molar-refractivity contribution in [2.24, 2.45) is 0 Å². The number of benzene rings is 2. The fourth-order valence-electron chi connectivity index (χ4n) is 4.24. The van der Waals surface area contributed by atoms with E-state index in [1.165, 1.54) is 5.56 Å². The molecule has 160 valence electrons. The van der Waals surface area contributed by atoms with Gasteiger partial charge in [-0.05, 0) is 50.6 Å². The zero-order valence-corrected chi connectivity index (χ0v) is 18.6. The first kappa shape index (κ1) is 21.0. The number of sulfonamides is 1. The van der Waals surface area contributed by atoms with Gasteiger partial charge in [0.05, 0.1) is 22.5 Å². The van der Waals surface area contributed by atoms with Crippen LogP contribution in [0.3, 0.4) is 0 Å². The molecule has 0 bridgehead atoms. The largest absolute Gasteiger partial charge is 0.327 e. The van der Waals surface area contributed by atoms with Crippen LogP contribution in [0.2, 0.25) is 0 Å². The van der Waals surface area contributed by atoms with Gasteiger partial charge in [-0.2, -0.15) is 4.31 Å². The third-order valence-electron chi connectivity index (χ3n) is 5.77. The predicted molar refractivity (Wildman–Crippen MR) is 120 cm³/mol. The molecule has 0 aliphatic carbocycles. The summed E-state index contributed by atoms with van der Waals surface area (Å²) >= 11 is 0. The highest BCUT2D eigenvalue weighted by Gasteiger charge is 2.26. The van der Waals surface area contributed by atoms with E-state index in [1.54, 1.807) is 16.4 Å². The molecular weight excluding hydrogens is 396 g/mol. The van der Waals surface area contributed by atoms with Gasteiger partial charge in [-0.1, -0.05) is 36.8 Å². The summed E-state index contributed by atoms with van der Waals surface area (Å²) in [7, 11) is -1.37. The Balaban J connectivity index is 1.60. The Morgan fingerprint density at radius 3 is 2.43 bits per heavy atom. The van der Waals surface area contributed by atoms with Gasteiger partial charge in [0, 0.05) is 26.2 Å². The molecule has 1 aliphatic rings. The predicted octanol–water partition coefficient (Wildman–Crippen LogP) is 3.86. The number of rotatable bonds is 7. The molecule has 2 heterocycles. The summed E-state index contributed by atoms with van der Waals surface area (Å²) in [5.74, 6) is 0.957. The zero-order chi connectivity index (χ0) is 21.1. The lowest BCUT2D eigenvalue weighted by Gasteiger charge is -2.25. The summed E-state index contributed by atoms with van der Waals surface area (Å²) in [6.45, 7) is 5.65. The third-order valence-corrected chi connectivity index (χ3v) is 7.67. The normalized spacial score (nSPS) is 15.8. The van der Waals surface area contributed by atoms with Crippen molar-refractivity contribution in [2.45, 2.75) is 50.7 Å². The van der Waals surface area contributed by atoms with Crippen LogP contribution in [0.1, 0.15) is 37.6 Å². The van der Waals surface area contributed by atoms with Crippen molar-refractivity contribution in [3.8, 4) is 0 Å². The number of hydrogen-bond acceptors (Lipinski definition) is 4. The van der Waals surface area contributed by atoms with E-state index >= 15 is 0 Å². The third kappa shape index (κ3) is 4.29. The van der Waals surface area contributed by atoms with Gasteiger partial charge >= 0.3 is 0 Å². The van der Waals surface area contributed by atoms with Gasteiger partial charge in [0.2, 0.25) is 10.0 Å². The summed E-state index contributed by atoms with van der Waals surface area (Å²) in [6, 6.07) is 15.8. The van der Waals surface area contributed by atoms with E-state index in [1.807, 2.05) is 12.1 Å². The summed E-state index contributed by atoms with van der Waals surface area (Å²) in [4.78, 5) is 7.40. The van der Waals surface area contributed by atoms with Gasteiger partial charge < -0.3 is 4.57 Å². The van der Waals surface area contributed by atoms with Crippen LogP contribution in [0.5, 0.6) is 0 Å². The molecule has 7 heteroatoms. The quantitative estimate of drug-likeness (QED) is 0.576. The molecule has 0 saturated carbocycles. The average molecular weight is 427 g/mol. The summed E-state index contributed by atoms with van der Waals surface area (Å²) in [5, 5.41) is 0. The Labute approximate surface area is 179 Å². The second-order valence-electron chi connectivity index (χ2n) is 8.05. The highest BCUT2D eigenvalue weighted by atomic mass is 32.2. The zero-order valence-electron chi connectivity index (χ0n) is 17.8. The molecule has 0 amide bonds. The van der Waals surface area contributed by atoms with Gasteiger partial charge in [-0.15, -0.1) is 0 Å². The highest BCUT2D eigenvalue weighted by molar-refractivity contribution is 7.89. The molecule has 4 rings (SSSR count). The van der Waals surface area contributed by atoms with E-state index in [9.17, 15) is 8.42 Å². The van der Waals surface area contributed by atoms with Gasteiger partial charge in [0.15, 0.2) is 0 Å². The molecule has 1 saturated heterocycles. The minimum atomic E-state index is -3.45. The van der Waals surface area contributed by atoms with Gasteiger partial charge in [-0.3, -0.25) is 4.90 Å². The van der Waals surface area contributed by atoms with Crippen molar-refractivity contribution in [1.29, 1.82) is 0 Å². The second-order valence-corrected chi connectivity index (χ2v) is 9.98. The summed E-state index contributed by atoms with van der Waals surface area (Å²) in [6.07, 6.45) is 2.97. The van der Waals surface area contributed by atoms with E-state index in [0.717, 1.165) is 49.2 Å². The number of imidazole rings is 1. The average Bonchev–Trinajstić information content (AvgIpc) is 3.11. The molecule has 6 nitrogen and oxygen atoms in total. The second kappa shape index (κ2) is 8.88. The van der Waals surface area contributed by atoms with Crippen LogP contribution in [0.4, 0.5) is 0 Å². The topological polar surface area (TPSA) is 58.4 Å². The maximum Gasteiger partial charge on any atom is 0.243 e. The Morgan fingerprint density at radius 2 is 1.73 bits per heavy atom. The van der Waals surface area contributed by atoms with E-state index < -0.39 is 10.0 Å². The van der Waals surface area contributed by atoms with Crippen molar-refractivity contribution in [2.75, 3.05) is 20.1 Å². The molecule has 0 radical (unpaired) electrons. The van der Waals surface area contributed by atoms with E-state index in [-0.39, 0.29) is 0 Å². The monoisotopic (exact) mass is 426 g/mol. The van der Waals surface area contributed by atoms with E-state index in [4.69, 9.17) is 4.98 Å². The molecule has 2 aromatic carbocycles. The number of piperidine rings is 1. The van der Waals surface area contributed by atoms with Crippen LogP contribution in [0, 0.1) is 0 Å². The molecule has 30 heavy (non-hydrogen) atoms.